The number of hydrogen-bond donors (Lipinski definition) is 1. The fraction of sp³-hybridized carbons (Fsp3) is 0.500. The van der Waals surface area contributed by atoms with Gasteiger partial charge in [0, 0.05) is 19.6 Å². The molecule has 1 saturated heterocycles. The highest BCUT2D eigenvalue weighted by atomic mass is 16.6. The van der Waals surface area contributed by atoms with Crippen LogP contribution < -0.4 is 5.32 Å². The molecule has 0 radical (unpaired) electrons. The lowest BCUT2D eigenvalue weighted by molar-refractivity contribution is -0.384. The number of benzene rings is 1. The van der Waals surface area contributed by atoms with Crippen molar-refractivity contribution in [2.45, 2.75) is 20.3 Å². The van der Waals surface area contributed by atoms with Crippen molar-refractivity contribution in [2.24, 2.45) is 5.92 Å². The van der Waals surface area contributed by atoms with Crippen LogP contribution >= 0.6 is 0 Å². The van der Waals surface area contributed by atoms with Crippen LogP contribution in [-0.2, 0) is 0 Å². The van der Waals surface area contributed by atoms with Gasteiger partial charge in [-0.05, 0) is 31.4 Å². The van der Waals surface area contributed by atoms with Crippen molar-refractivity contribution < 1.29 is 9.72 Å². The zero-order valence-corrected chi connectivity index (χ0v) is 11.8. The quantitative estimate of drug-likeness (QED) is 0.677. The number of amides is 1. The zero-order valence-electron chi connectivity index (χ0n) is 11.8. The predicted molar refractivity (Wildman–Crippen MR) is 76.9 cm³/mol. The minimum atomic E-state index is -0.481. The van der Waals surface area contributed by atoms with Crippen LogP contribution in [0.4, 0.5) is 11.4 Å². The fourth-order valence-corrected chi connectivity index (χ4v) is 2.54. The molecule has 1 unspecified atom stereocenters. The van der Waals surface area contributed by atoms with Crippen molar-refractivity contribution in [3.05, 3.63) is 33.9 Å². The first kappa shape index (κ1) is 14.3. The number of nitrogens with zero attached hydrogens (tertiary/aromatic N) is 2. The summed E-state index contributed by atoms with van der Waals surface area (Å²) in [6.45, 7) is 5.85. The van der Waals surface area contributed by atoms with Gasteiger partial charge in [0.15, 0.2) is 0 Å². The van der Waals surface area contributed by atoms with E-state index in [1.165, 1.54) is 6.07 Å². The summed E-state index contributed by atoms with van der Waals surface area (Å²) in [6, 6.07) is 4.84. The molecule has 6 nitrogen and oxygen atoms in total. The maximum absolute atomic E-state index is 12.5. The Morgan fingerprint density at radius 1 is 1.55 bits per heavy atom. The number of carbonyl (C=O) groups excluding carboxylic acids is 1. The molecule has 1 amide bonds. The van der Waals surface area contributed by atoms with Crippen LogP contribution in [0.5, 0.6) is 0 Å². The van der Waals surface area contributed by atoms with Gasteiger partial charge in [0.25, 0.3) is 5.91 Å². The molecule has 0 spiro atoms. The Morgan fingerprint density at radius 3 is 2.85 bits per heavy atom. The van der Waals surface area contributed by atoms with Gasteiger partial charge in [0.1, 0.15) is 11.3 Å². The van der Waals surface area contributed by atoms with Crippen molar-refractivity contribution in [3.8, 4) is 0 Å². The second-order valence-electron chi connectivity index (χ2n) is 5.13. The summed E-state index contributed by atoms with van der Waals surface area (Å²) in [4.78, 5) is 25.0. The van der Waals surface area contributed by atoms with Crippen LogP contribution in [0.1, 0.15) is 30.6 Å². The number of rotatable bonds is 4. The second kappa shape index (κ2) is 5.90. The SMILES string of the molecule is CCNc1cccc(C(=O)N2CCC(C)C2)c1[N+](=O)[O-]. The van der Waals surface area contributed by atoms with E-state index in [0.717, 1.165) is 6.42 Å². The van der Waals surface area contributed by atoms with E-state index in [9.17, 15) is 14.9 Å². The Labute approximate surface area is 117 Å². The summed E-state index contributed by atoms with van der Waals surface area (Å²) in [5, 5.41) is 14.2. The molecule has 1 N–H and O–H groups in total. The molecule has 108 valence electrons. The Balaban J connectivity index is 2.37. The molecule has 0 saturated carbocycles. The predicted octanol–water partition coefficient (Wildman–Crippen LogP) is 2.51. The highest BCUT2D eigenvalue weighted by Crippen LogP contribution is 2.30. The molecule has 1 aliphatic rings. The third-order valence-corrected chi connectivity index (χ3v) is 3.53. The van der Waals surface area contributed by atoms with Crippen LogP contribution in [0.3, 0.4) is 0 Å². The summed E-state index contributed by atoms with van der Waals surface area (Å²) in [5.74, 6) is 0.204. The maximum Gasteiger partial charge on any atom is 0.305 e. The summed E-state index contributed by atoms with van der Waals surface area (Å²) in [5.41, 5.74) is 0.442. The number of nitro benzene ring substituents is 1. The molecule has 0 bridgehead atoms. The average Bonchev–Trinajstić information content (AvgIpc) is 2.84. The first-order valence-electron chi connectivity index (χ1n) is 6.85. The lowest BCUT2D eigenvalue weighted by Crippen LogP contribution is -2.29. The topological polar surface area (TPSA) is 75.5 Å². The van der Waals surface area contributed by atoms with Gasteiger partial charge in [-0.25, -0.2) is 0 Å². The largest absolute Gasteiger partial charge is 0.380 e. The van der Waals surface area contributed by atoms with Crippen molar-refractivity contribution in [3.63, 3.8) is 0 Å². The minimum absolute atomic E-state index is 0.126. The van der Waals surface area contributed by atoms with Crippen LogP contribution in [0.15, 0.2) is 18.2 Å². The van der Waals surface area contributed by atoms with E-state index in [1.807, 2.05) is 6.92 Å². The molecule has 1 heterocycles. The molecule has 1 aromatic rings. The molecule has 1 aromatic carbocycles. The summed E-state index contributed by atoms with van der Waals surface area (Å²) in [6.07, 6.45) is 0.951. The average molecular weight is 277 g/mol. The summed E-state index contributed by atoms with van der Waals surface area (Å²) < 4.78 is 0. The highest BCUT2D eigenvalue weighted by molar-refractivity contribution is 6.00. The normalized spacial score (nSPS) is 18.1. The van der Waals surface area contributed by atoms with Crippen LogP contribution in [0.2, 0.25) is 0 Å². The molecular formula is C14H19N3O3. The van der Waals surface area contributed by atoms with E-state index in [2.05, 4.69) is 12.2 Å². The van der Waals surface area contributed by atoms with Crippen LogP contribution in [-0.4, -0.2) is 35.4 Å². The van der Waals surface area contributed by atoms with Gasteiger partial charge in [-0.15, -0.1) is 0 Å². The van der Waals surface area contributed by atoms with Crippen LogP contribution in [0, 0.1) is 16.0 Å². The van der Waals surface area contributed by atoms with Gasteiger partial charge in [-0.3, -0.25) is 14.9 Å². The van der Waals surface area contributed by atoms with Gasteiger partial charge in [0.2, 0.25) is 0 Å². The first-order chi connectivity index (χ1) is 9.54. The van der Waals surface area contributed by atoms with E-state index in [4.69, 9.17) is 0 Å². The number of hydrogen-bond acceptors (Lipinski definition) is 4. The van der Waals surface area contributed by atoms with Gasteiger partial charge in [-0.1, -0.05) is 13.0 Å². The van der Waals surface area contributed by atoms with E-state index < -0.39 is 4.92 Å². The fourth-order valence-electron chi connectivity index (χ4n) is 2.54. The molecular weight excluding hydrogens is 258 g/mol. The van der Waals surface area contributed by atoms with Crippen molar-refractivity contribution in [1.82, 2.24) is 4.90 Å². The monoisotopic (exact) mass is 277 g/mol. The van der Waals surface area contributed by atoms with E-state index in [1.54, 1.807) is 17.0 Å². The number of nitro groups is 1. The number of anilines is 1. The minimum Gasteiger partial charge on any atom is -0.380 e. The van der Waals surface area contributed by atoms with Crippen molar-refractivity contribution in [2.75, 3.05) is 25.0 Å². The number of carbonyl (C=O) groups is 1. The van der Waals surface area contributed by atoms with Gasteiger partial charge < -0.3 is 10.2 Å². The van der Waals surface area contributed by atoms with Gasteiger partial charge in [-0.2, -0.15) is 0 Å². The first-order valence-corrected chi connectivity index (χ1v) is 6.85. The Hall–Kier alpha value is -2.11. The summed E-state index contributed by atoms with van der Waals surface area (Å²) >= 11 is 0. The number of nitrogens with one attached hydrogen (secondary N) is 1. The standard InChI is InChI=1S/C14H19N3O3/c1-3-15-12-6-4-5-11(13(12)17(19)20)14(18)16-8-7-10(2)9-16/h4-6,10,15H,3,7-9H2,1-2H3. The van der Waals surface area contributed by atoms with Crippen LogP contribution in [0.25, 0.3) is 0 Å². The lowest BCUT2D eigenvalue weighted by atomic mass is 10.1. The molecule has 20 heavy (non-hydrogen) atoms. The number of para-hydroxylation sites is 1. The third-order valence-electron chi connectivity index (χ3n) is 3.53. The van der Waals surface area contributed by atoms with E-state index in [-0.39, 0.29) is 17.2 Å². The Morgan fingerprint density at radius 2 is 2.30 bits per heavy atom. The summed E-state index contributed by atoms with van der Waals surface area (Å²) in [7, 11) is 0. The Kier molecular flexibility index (Phi) is 4.22. The smallest absolute Gasteiger partial charge is 0.305 e. The molecule has 1 fully saturated rings. The molecule has 1 aliphatic heterocycles. The zero-order chi connectivity index (χ0) is 14.7. The maximum atomic E-state index is 12.5. The van der Waals surface area contributed by atoms with Crippen molar-refractivity contribution >= 4 is 17.3 Å². The lowest BCUT2D eigenvalue weighted by Gasteiger charge is -2.16. The molecule has 6 heteroatoms. The van der Waals surface area contributed by atoms with E-state index in [0.29, 0.717) is 31.2 Å². The van der Waals surface area contributed by atoms with E-state index >= 15 is 0 Å². The number of likely N-dealkylation sites (tertiary alicyclic amines) is 1. The second-order valence-corrected chi connectivity index (χ2v) is 5.13. The Bertz CT molecular complexity index is 530. The molecule has 2 rings (SSSR count). The molecule has 0 aliphatic carbocycles. The molecule has 0 aromatic heterocycles. The van der Waals surface area contributed by atoms with Crippen molar-refractivity contribution in [1.29, 1.82) is 0 Å². The highest BCUT2D eigenvalue weighted by Gasteiger charge is 2.30. The molecule has 1 atom stereocenters. The van der Waals surface area contributed by atoms with Gasteiger partial charge in [0.05, 0.1) is 4.92 Å². The van der Waals surface area contributed by atoms with Gasteiger partial charge >= 0.3 is 5.69 Å². The third kappa shape index (κ3) is 2.74.